The Kier molecular flexibility index (Phi) is 5.55. The molecule has 2 atom stereocenters. The van der Waals surface area contributed by atoms with E-state index in [9.17, 15) is 15.0 Å². The number of benzene rings is 1. The van der Waals surface area contributed by atoms with Crippen molar-refractivity contribution in [1.82, 2.24) is 0 Å². The Bertz CT molecular complexity index is 421. The largest absolute Gasteiger partial charge is 0.481 e. The van der Waals surface area contributed by atoms with Crippen LogP contribution in [-0.4, -0.2) is 39.1 Å². The predicted octanol–water partition coefficient (Wildman–Crippen LogP) is 0.744. The van der Waals surface area contributed by atoms with Gasteiger partial charge in [-0.05, 0) is 23.6 Å². The Morgan fingerprint density at radius 3 is 2.56 bits per heavy atom. The standard InChI is InChI=1S/C12H15ClO5/c13-9-2-1-7(5-8(9)6-11(16)17)12(18)10(15)3-4-14/h1-2,5,10,12,14-15,18H,3-4,6H2,(H,16,17). The fourth-order valence-corrected chi connectivity index (χ4v) is 1.77. The van der Waals surface area contributed by atoms with Crippen molar-refractivity contribution in [2.24, 2.45) is 0 Å². The summed E-state index contributed by atoms with van der Waals surface area (Å²) in [5.41, 5.74) is 0.744. The van der Waals surface area contributed by atoms with Gasteiger partial charge in [-0.15, -0.1) is 0 Å². The third-order valence-corrected chi connectivity index (χ3v) is 2.91. The normalized spacial score (nSPS) is 14.2. The molecule has 100 valence electrons. The summed E-state index contributed by atoms with van der Waals surface area (Å²) in [5, 5.41) is 37.1. The molecule has 1 rings (SSSR count). The van der Waals surface area contributed by atoms with Crippen LogP contribution in [0.15, 0.2) is 18.2 Å². The molecule has 0 spiro atoms. The monoisotopic (exact) mass is 274 g/mol. The van der Waals surface area contributed by atoms with E-state index in [1.807, 2.05) is 0 Å². The molecule has 0 aliphatic rings. The average molecular weight is 275 g/mol. The van der Waals surface area contributed by atoms with Gasteiger partial charge < -0.3 is 20.4 Å². The highest BCUT2D eigenvalue weighted by molar-refractivity contribution is 6.31. The lowest BCUT2D eigenvalue weighted by Gasteiger charge is -2.18. The van der Waals surface area contributed by atoms with Gasteiger partial charge in [-0.3, -0.25) is 4.79 Å². The Hall–Kier alpha value is -1.14. The summed E-state index contributed by atoms with van der Waals surface area (Å²) >= 11 is 5.84. The number of carboxylic acid groups (broad SMARTS) is 1. The average Bonchev–Trinajstić information content (AvgIpc) is 2.31. The van der Waals surface area contributed by atoms with Crippen molar-refractivity contribution in [3.8, 4) is 0 Å². The van der Waals surface area contributed by atoms with Crippen molar-refractivity contribution >= 4 is 17.6 Å². The molecule has 5 nitrogen and oxygen atoms in total. The molecule has 18 heavy (non-hydrogen) atoms. The van der Waals surface area contributed by atoms with Crippen LogP contribution in [0.5, 0.6) is 0 Å². The molecule has 1 aromatic carbocycles. The Morgan fingerprint density at radius 1 is 1.33 bits per heavy atom. The van der Waals surface area contributed by atoms with E-state index in [4.69, 9.17) is 21.8 Å². The van der Waals surface area contributed by atoms with Crippen LogP contribution < -0.4 is 0 Å². The van der Waals surface area contributed by atoms with Crippen LogP contribution >= 0.6 is 11.6 Å². The lowest BCUT2D eigenvalue weighted by Crippen LogP contribution is -2.19. The van der Waals surface area contributed by atoms with Crippen LogP contribution in [0.2, 0.25) is 5.02 Å². The van der Waals surface area contributed by atoms with Crippen molar-refractivity contribution in [2.45, 2.75) is 25.0 Å². The fourth-order valence-electron chi connectivity index (χ4n) is 1.59. The second-order valence-corrected chi connectivity index (χ2v) is 4.35. The van der Waals surface area contributed by atoms with E-state index in [0.717, 1.165) is 0 Å². The molecule has 0 radical (unpaired) electrons. The number of carboxylic acids is 1. The van der Waals surface area contributed by atoms with Crippen LogP contribution in [0.25, 0.3) is 0 Å². The fraction of sp³-hybridized carbons (Fsp3) is 0.417. The maximum absolute atomic E-state index is 10.6. The quantitative estimate of drug-likeness (QED) is 0.613. The van der Waals surface area contributed by atoms with Crippen LogP contribution in [0.3, 0.4) is 0 Å². The number of aliphatic carboxylic acids is 1. The third-order valence-electron chi connectivity index (χ3n) is 2.54. The summed E-state index contributed by atoms with van der Waals surface area (Å²) in [6.45, 7) is -0.242. The van der Waals surface area contributed by atoms with Crippen LogP contribution in [0, 0.1) is 0 Å². The van der Waals surface area contributed by atoms with Gasteiger partial charge in [-0.25, -0.2) is 0 Å². The first-order valence-electron chi connectivity index (χ1n) is 5.42. The predicted molar refractivity (Wildman–Crippen MR) is 65.5 cm³/mol. The molecule has 0 saturated heterocycles. The molecule has 0 saturated carbocycles. The first kappa shape index (κ1) is 14.9. The molecule has 0 bridgehead atoms. The highest BCUT2D eigenvalue weighted by Gasteiger charge is 2.19. The summed E-state index contributed by atoms with van der Waals surface area (Å²) in [6, 6.07) is 4.44. The maximum atomic E-state index is 10.6. The minimum atomic E-state index is -1.18. The Balaban J connectivity index is 2.93. The zero-order chi connectivity index (χ0) is 13.7. The van der Waals surface area contributed by atoms with Gasteiger partial charge in [-0.1, -0.05) is 23.7 Å². The van der Waals surface area contributed by atoms with Gasteiger partial charge in [0.1, 0.15) is 6.10 Å². The summed E-state index contributed by atoms with van der Waals surface area (Å²) in [4.78, 5) is 10.6. The van der Waals surface area contributed by atoms with Crippen molar-refractivity contribution < 1.29 is 25.2 Å². The molecule has 0 aromatic heterocycles. The molecule has 1 aromatic rings. The van der Waals surface area contributed by atoms with Gasteiger partial charge in [0.05, 0.1) is 12.5 Å². The number of hydrogen-bond acceptors (Lipinski definition) is 4. The molecule has 0 fully saturated rings. The zero-order valence-corrected chi connectivity index (χ0v) is 10.3. The lowest BCUT2D eigenvalue weighted by molar-refractivity contribution is -0.136. The number of rotatable bonds is 6. The summed E-state index contributed by atoms with van der Waals surface area (Å²) in [5.74, 6) is -1.03. The third kappa shape index (κ3) is 3.96. The van der Waals surface area contributed by atoms with Crippen LogP contribution in [0.1, 0.15) is 23.7 Å². The minimum absolute atomic E-state index is 0.0397. The summed E-state index contributed by atoms with van der Waals surface area (Å²) in [7, 11) is 0. The minimum Gasteiger partial charge on any atom is -0.481 e. The summed E-state index contributed by atoms with van der Waals surface area (Å²) < 4.78 is 0. The molecular formula is C12H15ClO5. The van der Waals surface area contributed by atoms with Crippen LogP contribution in [-0.2, 0) is 11.2 Å². The van der Waals surface area contributed by atoms with Crippen molar-refractivity contribution in [1.29, 1.82) is 0 Å². The smallest absolute Gasteiger partial charge is 0.307 e. The van der Waals surface area contributed by atoms with Gasteiger partial charge in [0.2, 0.25) is 0 Å². The van der Waals surface area contributed by atoms with Crippen LogP contribution in [0.4, 0.5) is 0 Å². The van der Waals surface area contributed by atoms with Gasteiger partial charge >= 0.3 is 5.97 Å². The first-order valence-corrected chi connectivity index (χ1v) is 5.80. The number of carbonyl (C=O) groups is 1. The van der Waals surface area contributed by atoms with Gasteiger partial charge in [0.15, 0.2) is 0 Å². The highest BCUT2D eigenvalue weighted by atomic mass is 35.5. The highest BCUT2D eigenvalue weighted by Crippen LogP contribution is 2.24. The number of aliphatic hydroxyl groups excluding tert-OH is 3. The van der Waals surface area contributed by atoms with E-state index in [2.05, 4.69) is 0 Å². The number of hydrogen-bond donors (Lipinski definition) is 4. The first-order chi connectivity index (χ1) is 8.45. The lowest BCUT2D eigenvalue weighted by atomic mass is 9.99. The van der Waals surface area contributed by atoms with E-state index in [0.29, 0.717) is 16.1 Å². The van der Waals surface area contributed by atoms with Crippen molar-refractivity contribution in [3.05, 3.63) is 34.3 Å². The molecule has 2 unspecified atom stereocenters. The maximum Gasteiger partial charge on any atom is 0.307 e. The molecule has 0 aliphatic heterocycles. The van der Waals surface area contributed by atoms with Crippen molar-refractivity contribution in [2.75, 3.05) is 6.61 Å². The molecule has 4 N–H and O–H groups in total. The van der Waals surface area contributed by atoms with E-state index in [1.54, 1.807) is 0 Å². The van der Waals surface area contributed by atoms with Crippen molar-refractivity contribution in [3.63, 3.8) is 0 Å². The number of aliphatic hydroxyl groups is 3. The molecule has 0 amide bonds. The molecule has 6 heteroatoms. The Labute approximate surface area is 109 Å². The van der Waals surface area contributed by atoms with Gasteiger partial charge in [0.25, 0.3) is 0 Å². The zero-order valence-electron chi connectivity index (χ0n) is 9.58. The molecule has 0 aliphatic carbocycles. The SMILES string of the molecule is O=C(O)Cc1cc(C(O)C(O)CCO)ccc1Cl. The van der Waals surface area contributed by atoms with Gasteiger partial charge in [0, 0.05) is 11.6 Å². The van der Waals surface area contributed by atoms with E-state index in [1.165, 1.54) is 18.2 Å². The topological polar surface area (TPSA) is 98.0 Å². The second kappa shape index (κ2) is 6.70. The molecular weight excluding hydrogens is 260 g/mol. The van der Waals surface area contributed by atoms with E-state index < -0.39 is 18.2 Å². The van der Waals surface area contributed by atoms with Gasteiger partial charge in [-0.2, -0.15) is 0 Å². The van der Waals surface area contributed by atoms with E-state index >= 15 is 0 Å². The number of halogens is 1. The molecule has 0 heterocycles. The second-order valence-electron chi connectivity index (χ2n) is 3.95. The Morgan fingerprint density at radius 2 is 2.00 bits per heavy atom. The van der Waals surface area contributed by atoms with E-state index in [-0.39, 0.29) is 19.4 Å². The summed E-state index contributed by atoms with van der Waals surface area (Å²) in [6.07, 6.45) is -2.50.